The molecule has 3 nitrogen and oxygen atoms in total. The zero-order valence-corrected chi connectivity index (χ0v) is 19.9. The lowest BCUT2D eigenvalue weighted by atomic mass is 9.92. The molecule has 1 saturated heterocycles. The van der Waals surface area contributed by atoms with Crippen molar-refractivity contribution >= 4 is 0 Å². The van der Waals surface area contributed by atoms with E-state index in [1.165, 1.54) is 73.7 Å². The third-order valence-corrected chi connectivity index (χ3v) is 7.42. The Balaban J connectivity index is 1.13. The highest BCUT2D eigenvalue weighted by Crippen LogP contribution is 2.31. The molecule has 0 saturated carbocycles. The molecule has 3 heteroatoms. The fourth-order valence-corrected chi connectivity index (χ4v) is 5.34. The van der Waals surface area contributed by atoms with Gasteiger partial charge in [0.05, 0.1) is 13.2 Å². The SMILES string of the molecule is CC1CCN(CCCCCCCc2ccc(-c3ccc4c(c3)OCCC4)cc2)C(CO)C1. The van der Waals surface area contributed by atoms with Gasteiger partial charge in [0, 0.05) is 6.04 Å². The van der Waals surface area contributed by atoms with Crippen LogP contribution in [0.4, 0.5) is 0 Å². The van der Waals surface area contributed by atoms with Crippen LogP contribution in [0.15, 0.2) is 42.5 Å². The van der Waals surface area contributed by atoms with E-state index in [4.69, 9.17) is 4.74 Å². The quantitative estimate of drug-likeness (QED) is 0.447. The van der Waals surface area contributed by atoms with Crippen LogP contribution >= 0.6 is 0 Å². The van der Waals surface area contributed by atoms with E-state index in [0.29, 0.717) is 12.6 Å². The maximum absolute atomic E-state index is 9.64. The van der Waals surface area contributed by atoms with Crippen LogP contribution in [0.1, 0.15) is 69.4 Å². The van der Waals surface area contributed by atoms with Crippen LogP contribution < -0.4 is 4.74 Å². The highest BCUT2D eigenvalue weighted by molar-refractivity contribution is 5.66. The molecule has 1 fully saturated rings. The van der Waals surface area contributed by atoms with E-state index in [-0.39, 0.29) is 0 Å². The van der Waals surface area contributed by atoms with Crippen molar-refractivity contribution in [2.24, 2.45) is 5.92 Å². The van der Waals surface area contributed by atoms with Gasteiger partial charge in [0.25, 0.3) is 0 Å². The molecule has 2 aromatic rings. The standard InChI is InChI=1S/C29H41NO2/c1-23-16-18-30(28(20-23)22-31)17-6-4-2-3-5-8-24-10-12-25(13-11-24)27-15-14-26-9-7-19-32-29(26)21-27/h10-15,21,23,28,31H,2-9,16-20,22H2,1H3. The number of ether oxygens (including phenoxy) is 1. The molecule has 0 spiro atoms. The summed E-state index contributed by atoms with van der Waals surface area (Å²) in [6.45, 7) is 5.81. The maximum Gasteiger partial charge on any atom is 0.123 e. The summed E-state index contributed by atoms with van der Waals surface area (Å²) in [7, 11) is 0. The number of unbranched alkanes of at least 4 members (excludes halogenated alkanes) is 4. The molecule has 0 radical (unpaired) electrons. The number of aryl methyl sites for hydroxylation is 2. The molecule has 0 aliphatic carbocycles. The second-order valence-electron chi connectivity index (χ2n) is 9.99. The zero-order valence-electron chi connectivity index (χ0n) is 19.9. The van der Waals surface area contributed by atoms with Crippen molar-refractivity contribution in [2.75, 3.05) is 26.3 Å². The van der Waals surface area contributed by atoms with Crippen molar-refractivity contribution in [1.82, 2.24) is 4.90 Å². The van der Waals surface area contributed by atoms with Gasteiger partial charge in [-0.25, -0.2) is 0 Å². The smallest absolute Gasteiger partial charge is 0.123 e. The Morgan fingerprint density at radius 3 is 2.59 bits per heavy atom. The minimum absolute atomic E-state index is 0.323. The molecule has 2 aromatic carbocycles. The summed E-state index contributed by atoms with van der Waals surface area (Å²) in [5.41, 5.74) is 5.31. The summed E-state index contributed by atoms with van der Waals surface area (Å²) in [5.74, 6) is 1.84. The molecule has 4 rings (SSSR count). The number of benzene rings is 2. The van der Waals surface area contributed by atoms with E-state index in [2.05, 4.69) is 54.3 Å². The molecule has 1 N–H and O–H groups in total. The lowest BCUT2D eigenvalue weighted by Gasteiger charge is -2.37. The maximum atomic E-state index is 9.64. The number of nitrogens with zero attached hydrogens (tertiary/aromatic N) is 1. The number of rotatable bonds is 10. The van der Waals surface area contributed by atoms with Crippen LogP contribution in [0.3, 0.4) is 0 Å². The molecule has 0 bridgehead atoms. The number of likely N-dealkylation sites (tertiary alicyclic amines) is 1. The predicted octanol–water partition coefficient (Wildman–Crippen LogP) is 6.26. The topological polar surface area (TPSA) is 32.7 Å². The fourth-order valence-electron chi connectivity index (χ4n) is 5.34. The number of hydrogen-bond donors (Lipinski definition) is 1. The van der Waals surface area contributed by atoms with Gasteiger partial charge in [-0.2, -0.15) is 0 Å². The van der Waals surface area contributed by atoms with E-state index < -0.39 is 0 Å². The minimum atomic E-state index is 0.323. The molecule has 0 aromatic heterocycles. The second-order valence-corrected chi connectivity index (χ2v) is 9.99. The number of piperidine rings is 1. The third kappa shape index (κ3) is 6.36. The van der Waals surface area contributed by atoms with Crippen LogP contribution in [-0.2, 0) is 12.8 Å². The average Bonchev–Trinajstić information content (AvgIpc) is 2.84. The van der Waals surface area contributed by atoms with E-state index >= 15 is 0 Å². The van der Waals surface area contributed by atoms with E-state index in [1.807, 2.05) is 0 Å². The highest BCUT2D eigenvalue weighted by Gasteiger charge is 2.24. The van der Waals surface area contributed by atoms with E-state index in [0.717, 1.165) is 44.1 Å². The lowest BCUT2D eigenvalue weighted by molar-refractivity contribution is 0.0679. The summed E-state index contributed by atoms with van der Waals surface area (Å²) in [4.78, 5) is 2.52. The Morgan fingerprint density at radius 1 is 0.969 bits per heavy atom. The molecule has 2 unspecified atom stereocenters. The normalized spacial score (nSPS) is 21.2. The summed E-state index contributed by atoms with van der Waals surface area (Å²) in [5, 5.41) is 9.64. The highest BCUT2D eigenvalue weighted by atomic mass is 16.5. The van der Waals surface area contributed by atoms with Gasteiger partial charge >= 0.3 is 0 Å². The van der Waals surface area contributed by atoms with Crippen LogP contribution in [0, 0.1) is 5.92 Å². The van der Waals surface area contributed by atoms with Crippen LogP contribution in [0.5, 0.6) is 5.75 Å². The summed E-state index contributed by atoms with van der Waals surface area (Å²) in [6, 6.07) is 16.2. The monoisotopic (exact) mass is 435 g/mol. The molecule has 174 valence electrons. The first-order valence-electron chi connectivity index (χ1n) is 12.9. The van der Waals surface area contributed by atoms with Crippen molar-refractivity contribution in [3.8, 4) is 16.9 Å². The van der Waals surface area contributed by atoms with Gasteiger partial charge in [-0.1, -0.05) is 62.6 Å². The van der Waals surface area contributed by atoms with Crippen LogP contribution in [-0.4, -0.2) is 42.4 Å². The molecular weight excluding hydrogens is 394 g/mol. The van der Waals surface area contributed by atoms with Gasteiger partial charge in [0.15, 0.2) is 0 Å². The fraction of sp³-hybridized carbons (Fsp3) is 0.586. The second kappa shape index (κ2) is 11.9. The molecule has 0 amide bonds. The molecule has 32 heavy (non-hydrogen) atoms. The first kappa shape index (κ1) is 23.3. The van der Waals surface area contributed by atoms with Gasteiger partial charge in [0.2, 0.25) is 0 Å². The Kier molecular flexibility index (Phi) is 8.64. The molecule has 2 aliphatic rings. The predicted molar refractivity (Wildman–Crippen MR) is 133 cm³/mol. The molecule has 2 aliphatic heterocycles. The Labute approximate surface area is 194 Å². The number of aliphatic hydroxyl groups is 1. The van der Waals surface area contributed by atoms with Crippen molar-refractivity contribution < 1.29 is 9.84 Å². The van der Waals surface area contributed by atoms with Crippen molar-refractivity contribution in [2.45, 2.75) is 77.2 Å². The minimum Gasteiger partial charge on any atom is -0.493 e. The van der Waals surface area contributed by atoms with Gasteiger partial charge in [-0.3, -0.25) is 4.90 Å². The first-order valence-corrected chi connectivity index (χ1v) is 12.9. The molecule has 2 heterocycles. The summed E-state index contributed by atoms with van der Waals surface area (Å²) in [6.07, 6.45) is 12.4. The van der Waals surface area contributed by atoms with Gasteiger partial charge in [0.1, 0.15) is 5.75 Å². The molecule has 2 atom stereocenters. The first-order chi connectivity index (χ1) is 15.7. The van der Waals surface area contributed by atoms with E-state index in [9.17, 15) is 5.11 Å². The Bertz CT molecular complexity index is 832. The molecular formula is C29H41NO2. The van der Waals surface area contributed by atoms with Gasteiger partial charge < -0.3 is 9.84 Å². The largest absolute Gasteiger partial charge is 0.493 e. The summed E-state index contributed by atoms with van der Waals surface area (Å²) >= 11 is 0. The van der Waals surface area contributed by atoms with Gasteiger partial charge in [-0.15, -0.1) is 0 Å². The van der Waals surface area contributed by atoms with Gasteiger partial charge in [-0.05, 0) is 92.3 Å². The lowest BCUT2D eigenvalue weighted by Crippen LogP contribution is -2.44. The Hall–Kier alpha value is -1.84. The number of hydrogen-bond acceptors (Lipinski definition) is 3. The van der Waals surface area contributed by atoms with Crippen molar-refractivity contribution in [1.29, 1.82) is 0 Å². The average molecular weight is 436 g/mol. The zero-order chi connectivity index (χ0) is 22.2. The number of fused-ring (bicyclic) bond motifs is 1. The van der Waals surface area contributed by atoms with Crippen molar-refractivity contribution in [3.63, 3.8) is 0 Å². The summed E-state index contributed by atoms with van der Waals surface area (Å²) < 4.78 is 5.84. The van der Waals surface area contributed by atoms with E-state index in [1.54, 1.807) is 0 Å². The third-order valence-electron chi connectivity index (χ3n) is 7.42. The Morgan fingerprint density at radius 2 is 1.75 bits per heavy atom. The van der Waals surface area contributed by atoms with Crippen molar-refractivity contribution in [3.05, 3.63) is 53.6 Å². The van der Waals surface area contributed by atoms with Crippen LogP contribution in [0.25, 0.3) is 11.1 Å². The van der Waals surface area contributed by atoms with Crippen LogP contribution in [0.2, 0.25) is 0 Å². The number of aliphatic hydroxyl groups excluding tert-OH is 1.